The average Bonchev–Trinajstić information content (AvgIpc) is 3.11. The highest BCUT2D eigenvalue weighted by atomic mass is 16.5. The first-order chi connectivity index (χ1) is 15.6. The van der Waals surface area contributed by atoms with Crippen LogP contribution in [0.4, 0.5) is 4.79 Å². The number of fused-ring (bicyclic) bond motifs is 3. The Kier molecular flexibility index (Phi) is 7.07. The third-order valence-electron chi connectivity index (χ3n) is 6.22. The molecule has 8 heteroatoms. The van der Waals surface area contributed by atoms with Crippen molar-refractivity contribution in [2.24, 2.45) is 0 Å². The van der Waals surface area contributed by atoms with Crippen molar-refractivity contribution in [3.8, 4) is 11.1 Å². The van der Waals surface area contributed by atoms with E-state index in [9.17, 15) is 19.5 Å². The van der Waals surface area contributed by atoms with E-state index in [0.717, 1.165) is 22.3 Å². The van der Waals surface area contributed by atoms with E-state index in [1.54, 1.807) is 6.92 Å². The largest absolute Gasteiger partial charge is 0.480 e. The van der Waals surface area contributed by atoms with Gasteiger partial charge in [0.05, 0.1) is 6.61 Å². The van der Waals surface area contributed by atoms with Crippen LogP contribution in [0.5, 0.6) is 0 Å². The van der Waals surface area contributed by atoms with Gasteiger partial charge >= 0.3 is 12.1 Å². The van der Waals surface area contributed by atoms with Crippen molar-refractivity contribution in [1.82, 2.24) is 10.6 Å². The van der Waals surface area contributed by atoms with Crippen molar-refractivity contribution in [3.05, 3.63) is 59.7 Å². The van der Waals surface area contributed by atoms with Gasteiger partial charge < -0.3 is 25.2 Å². The number of nitrogens with one attached hydrogen (secondary N) is 2. The molecule has 3 N–H and O–H groups in total. The highest BCUT2D eigenvalue weighted by Crippen LogP contribution is 2.44. The lowest BCUT2D eigenvalue weighted by Gasteiger charge is -2.33. The minimum absolute atomic E-state index is 0.0896. The van der Waals surface area contributed by atoms with E-state index >= 15 is 0 Å². The zero-order valence-corrected chi connectivity index (χ0v) is 19.3. The molecule has 0 aromatic heterocycles. The second-order valence-corrected chi connectivity index (χ2v) is 8.66. The number of amides is 2. The van der Waals surface area contributed by atoms with Crippen LogP contribution in [0.1, 0.15) is 44.2 Å². The van der Waals surface area contributed by atoms with Crippen LogP contribution in [0.2, 0.25) is 0 Å². The minimum atomic E-state index is -1.52. The van der Waals surface area contributed by atoms with Gasteiger partial charge in [-0.1, -0.05) is 55.5 Å². The van der Waals surface area contributed by atoms with Crippen LogP contribution in [-0.2, 0) is 19.1 Å². The number of carbonyl (C=O) groups is 3. The standard InChI is InChI=1S/C25H30N2O6/c1-5-24(2,22(29)30)26-21(28)25(3,15-32-4)27-23(31)33-14-20-18-12-8-6-10-16(18)17-11-7-9-13-19(17)20/h6-13,20H,5,14-15H2,1-4H3,(H,26,28)(H,27,31)(H,29,30). The lowest BCUT2D eigenvalue weighted by Crippen LogP contribution is -2.64. The second kappa shape index (κ2) is 9.62. The van der Waals surface area contributed by atoms with Crippen LogP contribution < -0.4 is 10.6 Å². The second-order valence-electron chi connectivity index (χ2n) is 8.66. The Balaban J connectivity index is 1.72. The number of benzene rings is 2. The number of carbonyl (C=O) groups excluding carboxylic acids is 2. The number of alkyl carbamates (subject to hydrolysis) is 1. The van der Waals surface area contributed by atoms with E-state index in [2.05, 4.69) is 10.6 Å². The van der Waals surface area contributed by atoms with Crippen molar-refractivity contribution < 1.29 is 29.0 Å². The Bertz CT molecular complexity index is 1010. The maximum absolute atomic E-state index is 12.9. The normalized spacial score (nSPS) is 16.0. The molecule has 3 rings (SSSR count). The van der Waals surface area contributed by atoms with Gasteiger partial charge in [0.2, 0.25) is 5.91 Å². The van der Waals surface area contributed by atoms with Gasteiger partial charge in [0, 0.05) is 13.0 Å². The topological polar surface area (TPSA) is 114 Å². The summed E-state index contributed by atoms with van der Waals surface area (Å²) in [5.74, 6) is -1.97. The van der Waals surface area contributed by atoms with Crippen LogP contribution in [0, 0.1) is 0 Å². The van der Waals surface area contributed by atoms with E-state index in [0.29, 0.717) is 0 Å². The molecule has 2 aromatic rings. The predicted molar refractivity (Wildman–Crippen MR) is 123 cm³/mol. The van der Waals surface area contributed by atoms with E-state index in [4.69, 9.17) is 9.47 Å². The van der Waals surface area contributed by atoms with Crippen molar-refractivity contribution in [3.63, 3.8) is 0 Å². The first kappa shape index (κ1) is 24.3. The Morgan fingerprint density at radius 3 is 1.97 bits per heavy atom. The Labute approximate surface area is 193 Å². The Morgan fingerprint density at radius 1 is 0.939 bits per heavy atom. The molecular formula is C25H30N2O6. The summed E-state index contributed by atoms with van der Waals surface area (Å²) in [6.07, 6.45) is -0.623. The Morgan fingerprint density at radius 2 is 1.48 bits per heavy atom. The zero-order chi connectivity index (χ0) is 24.2. The van der Waals surface area contributed by atoms with E-state index in [-0.39, 0.29) is 25.6 Å². The fourth-order valence-corrected chi connectivity index (χ4v) is 3.99. The van der Waals surface area contributed by atoms with Gasteiger partial charge in [-0.15, -0.1) is 0 Å². The predicted octanol–water partition coefficient (Wildman–Crippen LogP) is 3.30. The smallest absolute Gasteiger partial charge is 0.408 e. The first-order valence-corrected chi connectivity index (χ1v) is 10.8. The number of methoxy groups -OCH3 is 1. The van der Waals surface area contributed by atoms with Gasteiger partial charge in [0.1, 0.15) is 17.7 Å². The molecule has 0 saturated carbocycles. The first-order valence-electron chi connectivity index (χ1n) is 10.8. The third kappa shape index (κ3) is 4.85. The molecule has 2 unspecified atom stereocenters. The van der Waals surface area contributed by atoms with Gasteiger partial charge in [0.15, 0.2) is 0 Å². The molecule has 0 fully saturated rings. The minimum Gasteiger partial charge on any atom is -0.480 e. The molecule has 0 radical (unpaired) electrons. The number of rotatable bonds is 9. The number of aliphatic carboxylic acids is 1. The molecule has 0 heterocycles. The third-order valence-corrected chi connectivity index (χ3v) is 6.22. The molecule has 0 saturated heterocycles. The molecule has 2 aromatic carbocycles. The van der Waals surface area contributed by atoms with Crippen molar-refractivity contribution in [2.75, 3.05) is 20.3 Å². The molecule has 2 amide bonds. The van der Waals surface area contributed by atoms with Gasteiger partial charge in [0.25, 0.3) is 0 Å². The number of ether oxygens (including phenoxy) is 2. The van der Waals surface area contributed by atoms with E-state index < -0.39 is 29.0 Å². The van der Waals surface area contributed by atoms with Gasteiger partial charge in [-0.25, -0.2) is 9.59 Å². The van der Waals surface area contributed by atoms with Crippen LogP contribution in [0.15, 0.2) is 48.5 Å². The SMILES string of the molecule is CCC(C)(NC(=O)C(C)(COC)NC(=O)OCC1c2ccccc2-c2ccccc21)C(=O)O. The molecule has 0 spiro atoms. The number of carboxylic acid groups (broad SMARTS) is 1. The summed E-state index contributed by atoms with van der Waals surface area (Å²) >= 11 is 0. The fourth-order valence-electron chi connectivity index (χ4n) is 3.99. The highest BCUT2D eigenvalue weighted by molar-refractivity contribution is 5.94. The zero-order valence-electron chi connectivity index (χ0n) is 19.3. The van der Waals surface area contributed by atoms with Crippen LogP contribution in [0.25, 0.3) is 11.1 Å². The lowest BCUT2D eigenvalue weighted by atomic mass is 9.95. The number of hydrogen-bond donors (Lipinski definition) is 3. The lowest BCUT2D eigenvalue weighted by molar-refractivity contribution is -0.148. The molecule has 8 nitrogen and oxygen atoms in total. The maximum atomic E-state index is 12.9. The van der Waals surface area contributed by atoms with Crippen LogP contribution >= 0.6 is 0 Å². The highest BCUT2D eigenvalue weighted by Gasteiger charge is 2.42. The van der Waals surface area contributed by atoms with E-state index in [1.807, 2.05) is 48.5 Å². The molecule has 1 aliphatic carbocycles. The quantitative estimate of drug-likeness (QED) is 0.536. The summed E-state index contributed by atoms with van der Waals surface area (Å²) < 4.78 is 10.7. The number of hydrogen-bond acceptors (Lipinski definition) is 5. The van der Waals surface area contributed by atoms with Crippen LogP contribution in [-0.4, -0.2) is 54.5 Å². The molecule has 2 atom stereocenters. The van der Waals surface area contributed by atoms with Crippen molar-refractivity contribution in [2.45, 2.75) is 44.2 Å². The van der Waals surface area contributed by atoms with Crippen molar-refractivity contribution in [1.29, 1.82) is 0 Å². The molecule has 1 aliphatic rings. The van der Waals surface area contributed by atoms with Gasteiger partial charge in [-0.05, 0) is 42.5 Å². The fraction of sp³-hybridized carbons (Fsp3) is 0.400. The Hall–Kier alpha value is -3.39. The summed E-state index contributed by atoms with van der Waals surface area (Å²) in [5, 5.41) is 14.5. The maximum Gasteiger partial charge on any atom is 0.408 e. The number of carboxylic acids is 1. The summed E-state index contributed by atoms with van der Waals surface area (Å²) in [7, 11) is 1.39. The molecule has 0 bridgehead atoms. The summed E-state index contributed by atoms with van der Waals surface area (Å²) in [4.78, 5) is 37.2. The summed E-state index contributed by atoms with van der Waals surface area (Å²) in [6.45, 7) is 4.45. The molecule has 176 valence electrons. The molecular weight excluding hydrogens is 424 g/mol. The summed E-state index contributed by atoms with van der Waals surface area (Å²) in [5.41, 5.74) is 1.36. The van der Waals surface area contributed by atoms with Crippen LogP contribution in [0.3, 0.4) is 0 Å². The van der Waals surface area contributed by atoms with Gasteiger partial charge in [-0.3, -0.25) is 4.79 Å². The van der Waals surface area contributed by atoms with Gasteiger partial charge in [-0.2, -0.15) is 0 Å². The average molecular weight is 455 g/mol. The monoisotopic (exact) mass is 454 g/mol. The van der Waals surface area contributed by atoms with Crippen molar-refractivity contribution >= 4 is 18.0 Å². The van der Waals surface area contributed by atoms with E-state index in [1.165, 1.54) is 21.0 Å². The summed E-state index contributed by atoms with van der Waals surface area (Å²) in [6, 6.07) is 16.0. The molecule has 0 aliphatic heterocycles. The molecule has 33 heavy (non-hydrogen) atoms.